The number of hydrogen-bond donors (Lipinski definition) is 1. The smallest absolute Gasteiger partial charge is 0.271 e. The molecule has 0 fully saturated rings. The van der Waals surface area contributed by atoms with Gasteiger partial charge in [-0.05, 0) is 17.9 Å². The number of nitrogens with one attached hydrogen (secondary N) is 1. The molecule has 4 nitrogen and oxygen atoms in total. The second-order valence-corrected chi connectivity index (χ2v) is 5.42. The molecule has 2 aromatic rings. The SMILES string of the molecule is CCCC(NC(=O)c1cnc(Cl)cn1)c1cccs1. The summed E-state index contributed by atoms with van der Waals surface area (Å²) in [5.74, 6) is -0.226. The van der Waals surface area contributed by atoms with E-state index < -0.39 is 0 Å². The van der Waals surface area contributed by atoms with Gasteiger partial charge >= 0.3 is 0 Å². The van der Waals surface area contributed by atoms with Gasteiger partial charge in [0.2, 0.25) is 0 Å². The predicted octanol–water partition coefficient (Wildman–Crippen LogP) is 3.46. The van der Waals surface area contributed by atoms with Crippen molar-refractivity contribution in [1.29, 1.82) is 0 Å². The van der Waals surface area contributed by atoms with Crippen LogP contribution in [0.2, 0.25) is 5.15 Å². The zero-order chi connectivity index (χ0) is 13.7. The molecule has 0 saturated carbocycles. The minimum atomic E-state index is -0.226. The van der Waals surface area contributed by atoms with E-state index in [1.165, 1.54) is 12.4 Å². The number of rotatable bonds is 5. The van der Waals surface area contributed by atoms with Crippen molar-refractivity contribution in [2.24, 2.45) is 0 Å². The number of halogens is 1. The Labute approximate surface area is 120 Å². The van der Waals surface area contributed by atoms with Crippen LogP contribution in [-0.4, -0.2) is 15.9 Å². The van der Waals surface area contributed by atoms with Gasteiger partial charge in [0.25, 0.3) is 5.91 Å². The monoisotopic (exact) mass is 295 g/mol. The molecule has 0 aromatic carbocycles. The van der Waals surface area contributed by atoms with Gasteiger partial charge in [-0.3, -0.25) is 4.79 Å². The van der Waals surface area contributed by atoms with Crippen molar-refractivity contribution in [3.63, 3.8) is 0 Å². The van der Waals surface area contributed by atoms with Crippen LogP contribution in [0.4, 0.5) is 0 Å². The number of carbonyl (C=O) groups is 1. The maximum absolute atomic E-state index is 12.1. The lowest BCUT2D eigenvalue weighted by molar-refractivity contribution is 0.0929. The summed E-state index contributed by atoms with van der Waals surface area (Å²) in [5.41, 5.74) is 0.280. The van der Waals surface area contributed by atoms with E-state index in [0.717, 1.165) is 17.7 Å². The summed E-state index contributed by atoms with van der Waals surface area (Å²) in [5, 5.41) is 5.27. The number of aromatic nitrogens is 2. The second kappa shape index (κ2) is 6.63. The van der Waals surface area contributed by atoms with E-state index >= 15 is 0 Å². The van der Waals surface area contributed by atoms with Gasteiger partial charge in [0.15, 0.2) is 0 Å². The average Bonchev–Trinajstić information content (AvgIpc) is 2.92. The molecular weight excluding hydrogens is 282 g/mol. The molecule has 1 atom stereocenters. The molecule has 0 saturated heterocycles. The van der Waals surface area contributed by atoms with Crippen molar-refractivity contribution in [2.45, 2.75) is 25.8 Å². The Bertz CT molecular complexity index is 527. The van der Waals surface area contributed by atoms with Crippen molar-refractivity contribution in [1.82, 2.24) is 15.3 Å². The first-order valence-electron chi connectivity index (χ1n) is 6.02. The van der Waals surface area contributed by atoms with Crippen LogP contribution in [0.15, 0.2) is 29.9 Å². The van der Waals surface area contributed by atoms with Gasteiger partial charge in [-0.25, -0.2) is 9.97 Å². The minimum absolute atomic E-state index is 0.0231. The maximum atomic E-state index is 12.1. The molecule has 100 valence electrons. The molecular formula is C13H14ClN3OS. The molecule has 19 heavy (non-hydrogen) atoms. The lowest BCUT2D eigenvalue weighted by atomic mass is 10.1. The van der Waals surface area contributed by atoms with Crippen molar-refractivity contribution < 1.29 is 4.79 Å². The van der Waals surface area contributed by atoms with Crippen LogP contribution in [0, 0.1) is 0 Å². The van der Waals surface area contributed by atoms with Crippen molar-refractivity contribution in [3.8, 4) is 0 Å². The Hall–Kier alpha value is -1.46. The molecule has 0 spiro atoms. The third kappa shape index (κ3) is 3.75. The molecule has 0 bridgehead atoms. The average molecular weight is 296 g/mol. The van der Waals surface area contributed by atoms with Crippen LogP contribution < -0.4 is 5.32 Å². The number of carbonyl (C=O) groups excluding carboxylic acids is 1. The van der Waals surface area contributed by atoms with Gasteiger partial charge in [0.1, 0.15) is 10.8 Å². The lowest BCUT2D eigenvalue weighted by Crippen LogP contribution is -2.28. The fourth-order valence-corrected chi connectivity index (χ4v) is 2.64. The first-order chi connectivity index (χ1) is 9.20. The van der Waals surface area contributed by atoms with Gasteiger partial charge < -0.3 is 5.32 Å². The van der Waals surface area contributed by atoms with Gasteiger partial charge in [0, 0.05) is 4.88 Å². The molecule has 2 aromatic heterocycles. The zero-order valence-electron chi connectivity index (χ0n) is 10.5. The van der Waals surface area contributed by atoms with E-state index in [9.17, 15) is 4.79 Å². The van der Waals surface area contributed by atoms with Crippen LogP contribution in [0.25, 0.3) is 0 Å². The molecule has 0 aliphatic rings. The highest BCUT2D eigenvalue weighted by Crippen LogP contribution is 2.23. The summed E-state index contributed by atoms with van der Waals surface area (Å²) in [6.07, 6.45) is 4.65. The Morgan fingerprint density at radius 3 is 2.89 bits per heavy atom. The lowest BCUT2D eigenvalue weighted by Gasteiger charge is -2.16. The maximum Gasteiger partial charge on any atom is 0.271 e. The Morgan fingerprint density at radius 1 is 1.47 bits per heavy atom. The Kier molecular flexibility index (Phi) is 4.87. The van der Waals surface area contributed by atoms with E-state index in [4.69, 9.17) is 11.6 Å². The van der Waals surface area contributed by atoms with Crippen LogP contribution in [0.5, 0.6) is 0 Å². The fourth-order valence-electron chi connectivity index (χ4n) is 1.73. The predicted molar refractivity (Wildman–Crippen MR) is 76.5 cm³/mol. The van der Waals surface area contributed by atoms with Gasteiger partial charge in [-0.2, -0.15) is 0 Å². The second-order valence-electron chi connectivity index (χ2n) is 4.05. The molecule has 2 rings (SSSR count). The van der Waals surface area contributed by atoms with Gasteiger partial charge in [-0.1, -0.05) is 31.0 Å². The van der Waals surface area contributed by atoms with Crippen molar-refractivity contribution in [2.75, 3.05) is 0 Å². The van der Waals surface area contributed by atoms with Crippen LogP contribution in [0.3, 0.4) is 0 Å². The number of hydrogen-bond acceptors (Lipinski definition) is 4. The van der Waals surface area contributed by atoms with Gasteiger partial charge in [-0.15, -0.1) is 11.3 Å². The highest BCUT2D eigenvalue weighted by atomic mass is 35.5. The van der Waals surface area contributed by atoms with Crippen LogP contribution in [-0.2, 0) is 0 Å². The van der Waals surface area contributed by atoms with E-state index in [2.05, 4.69) is 22.2 Å². The molecule has 2 heterocycles. The van der Waals surface area contributed by atoms with E-state index in [0.29, 0.717) is 0 Å². The Morgan fingerprint density at radius 2 is 2.32 bits per heavy atom. The van der Waals surface area contributed by atoms with E-state index in [1.807, 2.05) is 17.5 Å². The summed E-state index contributed by atoms with van der Waals surface area (Å²) < 4.78 is 0. The molecule has 0 aliphatic carbocycles. The highest BCUT2D eigenvalue weighted by Gasteiger charge is 2.16. The summed E-state index contributed by atoms with van der Waals surface area (Å²) in [6, 6.07) is 4.03. The third-order valence-corrected chi connectivity index (χ3v) is 3.80. The molecule has 0 radical (unpaired) electrons. The van der Waals surface area contributed by atoms with Crippen molar-refractivity contribution >= 4 is 28.8 Å². The van der Waals surface area contributed by atoms with Crippen LogP contribution >= 0.6 is 22.9 Å². The van der Waals surface area contributed by atoms with Crippen LogP contribution in [0.1, 0.15) is 41.2 Å². The van der Waals surface area contributed by atoms with Crippen molar-refractivity contribution in [3.05, 3.63) is 45.6 Å². The topological polar surface area (TPSA) is 54.9 Å². The largest absolute Gasteiger partial charge is 0.343 e. The normalized spacial score (nSPS) is 12.1. The van der Waals surface area contributed by atoms with Gasteiger partial charge in [0.05, 0.1) is 18.4 Å². The highest BCUT2D eigenvalue weighted by molar-refractivity contribution is 7.10. The van der Waals surface area contributed by atoms with E-state index in [-0.39, 0.29) is 22.8 Å². The first-order valence-corrected chi connectivity index (χ1v) is 7.28. The summed E-state index contributed by atoms with van der Waals surface area (Å²) in [4.78, 5) is 21.1. The number of nitrogens with zero attached hydrogens (tertiary/aromatic N) is 2. The van der Waals surface area contributed by atoms with E-state index in [1.54, 1.807) is 11.3 Å². The molecule has 1 unspecified atom stereocenters. The minimum Gasteiger partial charge on any atom is -0.343 e. The first kappa shape index (κ1) is 14.0. The third-order valence-electron chi connectivity index (χ3n) is 2.62. The summed E-state index contributed by atoms with van der Waals surface area (Å²) in [7, 11) is 0. The number of thiophene rings is 1. The molecule has 1 amide bonds. The Balaban J connectivity index is 2.09. The fraction of sp³-hybridized carbons (Fsp3) is 0.308. The molecule has 1 N–H and O–H groups in total. The number of amides is 1. The molecule has 0 aliphatic heterocycles. The summed E-state index contributed by atoms with van der Waals surface area (Å²) in [6.45, 7) is 2.09. The standard InChI is InChI=1S/C13H14ClN3OS/c1-2-4-9(11-5-3-6-19-11)17-13(18)10-7-16-12(14)8-15-10/h3,5-9H,2,4H2,1H3,(H,17,18). The molecule has 6 heteroatoms. The quantitative estimate of drug-likeness (QED) is 0.919. The summed E-state index contributed by atoms with van der Waals surface area (Å²) >= 11 is 7.29. The zero-order valence-corrected chi connectivity index (χ0v) is 12.0.